The molecule has 4 nitrogen and oxygen atoms in total. The highest BCUT2D eigenvalue weighted by Crippen LogP contribution is 2.36. The van der Waals surface area contributed by atoms with E-state index in [1.54, 1.807) is 0 Å². The number of hydrogen-bond acceptors (Lipinski definition) is 4. The molecule has 2 aromatic rings. The number of hydrogen-bond donors (Lipinski definition) is 0. The van der Waals surface area contributed by atoms with Crippen molar-refractivity contribution in [3.63, 3.8) is 0 Å². The third-order valence-corrected chi connectivity index (χ3v) is 6.23. The lowest BCUT2D eigenvalue weighted by Gasteiger charge is -2.34. The van der Waals surface area contributed by atoms with Gasteiger partial charge in [0.25, 0.3) is 0 Å². The molecule has 0 aliphatic carbocycles. The zero-order valence-electron chi connectivity index (χ0n) is 13.2. The van der Waals surface area contributed by atoms with E-state index >= 15 is 0 Å². The SMILES string of the molecule is CCN1CCCC(n2c(C3CCSC3)nc3cccnc32)C1. The molecule has 2 atom stereocenters. The first-order valence-corrected chi connectivity index (χ1v) is 9.65. The Morgan fingerprint density at radius 3 is 3.14 bits per heavy atom. The number of nitrogens with zero attached hydrogens (tertiary/aromatic N) is 4. The van der Waals surface area contributed by atoms with Gasteiger partial charge in [0.2, 0.25) is 0 Å². The van der Waals surface area contributed by atoms with E-state index in [9.17, 15) is 0 Å². The molecule has 0 spiro atoms. The van der Waals surface area contributed by atoms with E-state index in [1.165, 1.54) is 43.1 Å². The van der Waals surface area contributed by atoms with Crippen LogP contribution < -0.4 is 0 Å². The summed E-state index contributed by atoms with van der Waals surface area (Å²) in [6.07, 6.45) is 5.71. The number of fused-ring (bicyclic) bond motifs is 1. The van der Waals surface area contributed by atoms with Crippen LogP contribution in [0.4, 0.5) is 0 Å². The average Bonchev–Trinajstić information content (AvgIpc) is 3.22. The number of pyridine rings is 1. The highest BCUT2D eigenvalue weighted by Gasteiger charge is 2.29. The van der Waals surface area contributed by atoms with Gasteiger partial charge in [-0.2, -0.15) is 11.8 Å². The fraction of sp³-hybridized carbons (Fsp3) is 0.647. The summed E-state index contributed by atoms with van der Waals surface area (Å²) in [7, 11) is 0. The fourth-order valence-corrected chi connectivity index (χ4v) is 5.08. The van der Waals surface area contributed by atoms with Crippen LogP contribution >= 0.6 is 11.8 Å². The number of likely N-dealkylation sites (tertiary alicyclic amines) is 1. The van der Waals surface area contributed by atoms with Crippen LogP contribution in [0.1, 0.15) is 44.0 Å². The molecule has 2 saturated heterocycles. The lowest BCUT2D eigenvalue weighted by molar-refractivity contribution is 0.184. The van der Waals surface area contributed by atoms with Gasteiger partial charge in [-0.15, -0.1) is 0 Å². The molecule has 2 fully saturated rings. The molecule has 0 N–H and O–H groups in total. The molecule has 118 valence electrons. The first-order chi connectivity index (χ1) is 10.9. The van der Waals surface area contributed by atoms with Crippen molar-refractivity contribution in [2.45, 2.75) is 38.1 Å². The summed E-state index contributed by atoms with van der Waals surface area (Å²) in [4.78, 5) is 12.2. The Kier molecular flexibility index (Phi) is 4.09. The zero-order valence-corrected chi connectivity index (χ0v) is 14.1. The largest absolute Gasteiger partial charge is 0.308 e. The van der Waals surface area contributed by atoms with Gasteiger partial charge in [0.15, 0.2) is 5.65 Å². The molecule has 5 heteroatoms. The van der Waals surface area contributed by atoms with Gasteiger partial charge in [0.1, 0.15) is 11.3 Å². The molecule has 0 radical (unpaired) electrons. The molecule has 4 rings (SSSR count). The maximum Gasteiger partial charge on any atom is 0.160 e. The van der Waals surface area contributed by atoms with Crippen LogP contribution in [0.2, 0.25) is 0 Å². The number of rotatable bonds is 3. The lowest BCUT2D eigenvalue weighted by Crippen LogP contribution is -2.37. The molecule has 2 aromatic heterocycles. The first kappa shape index (κ1) is 14.5. The van der Waals surface area contributed by atoms with Gasteiger partial charge >= 0.3 is 0 Å². The molecule has 0 aromatic carbocycles. The Hall–Kier alpha value is -1.07. The van der Waals surface area contributed by atoms with E-state index < -0.39 is 0 Å². The summed E-state index contributed by atoms with van der Waals surface area (Å²) in [5.74, 6) is 4.39. The van der Waals surface area contributed by atoms with E-state index in [1.807, 2.05) is 12.3 Å². The van der Waals surface area contributed by atoms with Gasteiger partial charge in [-0.1, -0.05) is 6.92 Å². The van der Waals surface area contributed by atoms with Gasteiger partial charge in [-0.25, -0.2) is 9.97 Å². The third-order valence-electron chi connectivity index (χ3n) is 5.06. The summed E-state index contributed by atoms with van der Waals surface area (Å²) in [5.41, 5.74) is 2.17. The smallest absolute Gasteiger partial charge is 0.160 e. The summed E-state index contributed by atoms with van der Waals surface area (Å²) in [5, 5.41) is 0. The molecule has 2 unspecified atom stereocenters. The second kappa shape index (κ2) is 6.20. The predicted molar refractivity (Wildman–Crippen MR) is 92.6 cm³/mol. The molecule has 2 aliphatic heterocycles. The number of aromatic nitrogens is 3. The van der Waals surface area contributed by atoms with Crippen molar-refractivity contribution in [1.82, 2.24) is 19.4 Å². The standard InChI is InChI=1S/C17H24N4S/c1-2-20-9-4-5-14(11-20)21-16(13-7-10-22-12-13)19-15-6-3-8-18-17(15)21/h3,6,8,13-14H,2,4-5,7,9-12H2,1H3. The molecular formula is C17H24N4S. The van der Waals surface area contributed by atoms with Crippen molar-refractivity contribution in [3.8, 4) is 0 Å². The maximum atomic E-state index is 4.99. The minimum Gasteiger partial charge on any atom is -0.308 e. The second-order valence-electron chi connectivity index (χ2n) is 6.44. The van der Waals surface area contributed by atoms with Crippen molar-refractivity contribution in [3.05, 3.63) is 24.2 Å². The molecule has 2 aliphatic rings. The van der Waals surface area contributed by atoms with Crippen LogP contribution in [-0.4, -0.2) is 50.6 Å². The molecule has 4 heterocycles. The van der Waals surface area contributed by atoms with Crippen molar-refractivity contribution in [2.75, 3.05) is 31.1 Å². The summed E-state index contributed by atoms with van der Waals surface area (Å²) < 4.78 is 2.49. The van der Waals surface area contributed by atoms with Crippen molar-refractivity contribution in [1.29, 1.82) is 0 Å². The number of thioether (sulfide) groups is 1. The van der Waals surface area contributed by atoms with Crippen molar-refractivity contribution < 1.29 is 0 Å². The number of piperidine rings is 1. The van der Waals surface area contributed by atoms with E-state index in [0.29, 0.717) is 12.0 Å². The average molecular weight is 316 g/mol. The molecule has 22 heavy (non-hydrogen) atoms. The first-order valence-electron chi connectivity index (χ1n) is 8.49. The Morgan fingerprint density at radius 2 is 2.32 bits per heavy atom. The minimum atomic E-state index is 0.536. The van der Waals surface area contributed by atoms with Gasteiger partial charge in [-0.3, -0.25) is 0 Å². The van der Waals surface area contributed by atoms with Crippen LogP contribution in [0.3, 0.4) is 0 Å². The quantitative estimate of drug-likeness (QED) is 0.870. The second-order valence-corrected chi connectivity index (χ2v) is 7.59. The Bertz CT molecular complexity index is 647. The van der Waals surface area contributed by atoms with Gasteiger partial charge in [0.05, 0.1) is 0 Å². The monoisotopic (exact) mass is 316 g/mol. The predicted octanol–water partition coefficient (Wildman–Crippen LogP) is 3.31. The van der Waals surface area contributed by atoms with E-state index in [-0.39, 0.29) is 0 Å². The normalized spacial score (nSPS) is 26.8. The molecule has 0 saturated carbocycles. The van der Waals surface area contributed by atoms with Crippen LogP contribution in [-0.2, 0) is 0 Å². The minimum absolute atomic E-state index is 0.536. The number of likely N-dealkylation sites (N-methyl/N-ethyl adjacent to an activating group) is 1. The molecule has 0 amide bonds. The van der Waals surface area contributed by atoms with Crippen LogP contribution in [0.25, 0.3) is 11.2 Å². The van der Waals surface area contributed by atoms with Crippen molar-refractivity contribution >= 4 is 22.9 Å². The highest BCUT2D eigenvalue weighted by atomic mass is 32.2. The zero-order chi connectivity index (χ0) is 14.9. The number of imidazole rings is 1. The van der Waals surface area contributed by atoms with Gasteiger partial charge in [0, 0.05) is 30.5 Å². The fourth-order valence-electron chi connectivity index (χ4n) is 3.86. The van der Waals surface area contributed by atoms with E-state index in [4.69, 9.17) is 4.98 Å². The van der Waals surface area contributed by atoms with E-state index in [2.05, 4.69) is 39.2 Å². The summed E-state index contributed by atoms with van der Waals surface area (Å²) in [6.45, 7) is 5.79. The summed E-state index contributed by atoms with van der Waals surface area (Å²) in [6, 6.07) is 4.66. The Labute approximate surface area is 136 Å². The van der Waals surface area contributed by atoms with Crippen LogP contribution in [0.5, 0.6) is 0 Å². The third kappa shape index (κ3) is 2.54. The van der Waals surface area contributed by atoms with Crippen LogP contribution in [0, 0.1) is 0 Å². The maximum absolute atomic E-state index is 4.99. The topological polar surface area (TPSA) is 34.0 Å². The summed E-state index contributed by atoms with van der Waals surface area (Å²) >= 11 is 2.06. The van der Waals surface area contributed by atoms with Gasteiger partial charge < -0.3 is 9.47 Å². The highest BCUT2D eigenvalue weighted by molar-refractivity contribution is 7.99. The Morgan fingerprint density at radius 1 is 1.36 bits per heavy atom. The van der Waals surface area contributed by atoms with Gasteiger partial charge in [-0.05, 0) is 50.2 Å². The lowest BCUT2D eigenvalue weighted by atomic mass is 10.0. The Balaban J connectivity index is 1.78. The van der Waals surface area contributed by atoms with E-state index in [0.717, 1.165) is 24.3 Å². The molecule has 0 bridgehead atoms. The van der Waals surface area contributed by atoms with Crippen LogP contribution in [0.15, 0.2) is 18.3 Å². The molecular weight excluding hydrogens is 292 g/mol. The van der Waals surface area contributed by atoms with Crippen molar-refractivity contribution in [2.24, 2.45) is 0 Å².